The Morgan fingerprint density at radius 3 is 2.82 bits per heavy atom. The van der Waals surface area contributed by atoms with Crippen LogP contribution in [0.3, 0.4) is 0 Å². The maximum absolute atomic E-state index is 13.9. The van der Waals surface area contributed by atoms with E-state index in [4.69, 9.17) is 14.5 Å². The molecule has 2 aromatic heterocycles. The van der Waals surface area contributed by atoms with Crippen molar-refractivity contribution in [2.75, 3.05) is 26.0 Å². The van der Waals surface area contributed by atoms with Gasteiger partial charge in [0.1, 0.15) is 10.6 Å². The minimum Gasteiger partial charge on any atom is -0.497 e. The largest absolute Gasteiger partial charge is 0.497 e. The van der Waals surface area contributed by atoms with Crippen molar-refractivity contribution in [3.8, 4) is 11.4 Å². The summed E-state index contributed by atoms with van der Waals surface area (Å²) in [5.41, 5.74) is 1.83. The number of nitrogens with one attached hydrogen (secondary N) is 1. The molecule has 0 unspecified atom stereocenters. The van der Waals surface area contributed by atoms with Crippen molar-refractivity contribution in [3.05, 3.63) is 45.1 Å². The number of thioether (sulfide) groups is 1. The van der Waals surface area contributed by atoms with Gasteiger partial charge in [0, 0.05) is 18.0 Å². The zero-order chi connectivity index (χ0) is 23.5. The Labute approximate surface area is 206 Å². The fourth-order valence-electron chi connectivity index (χ4n) is 4.63. The third-order valence-electron chi connectivity index (χ3n) is 6.42. The van der Waals surface area contributed by atoms with Gasteiger partial charge in [-0.25, -0.2) is 4.98 Å². The van der Waals surface area contributed by atoms with Crippen molar-refractivity contribution in [1.29, 1.82) is 0 Å². The predicted octanol–water partition coefficient (Wildman–Crippen LogP) is 4.11. The first kappa shape index (κ1) is 23.4. The molecule has 5 rings (SSSR count). The van der Waals surface area contributed by atoms with Gasteiger partial charge in [-0.2, -0.15) is 0 Å². The lowest BCUT2D eigenvalue weighted by atomic mass is 10.1. The van der Waals surface area contributed by atoms with E-state index < -0.39 is 0 Å². The first-order valence-electron chi connectivity index (χ1n) is 11.9. The molecule has 9 heteroatoms. The van der Waals surface area contributed by atoms with E-state index in [1.54, 1.807) is 23.0 Å². The summed E-state index contributed by atoms with van der Waals surface area (Å²) in [6, 6.07) is 7.40. The predicted molar refractivity (Wildman–Crippen MR) is 136 cm³/mol. The first-order valence-corrected chi connectivity index (χ1v) is 13.7. The van der Waals surface area contributed by atoms with Gasteiger partial charge in [0.25, 0.3) is 5.56 Å². The van der Waals surface area contributed by atoms with Gasteiger partial charge >= 0.3 is 0 Å². The van der Waals surface area contributed by atoms with Crippen LogP contribution < -0.4 is 15.6 Å². The smallest absolute Gasteiger partial charge is 0.267 e. The lowest BCUT2D eigenvalue weighted by molar-refractivity contribution is -0.119. The Morgan fingerprint density at radius 2 is 2.06 bits per heavy atom. The molecule has 0 bridgehead atoms. The van der Waals surface area contributed by atoms with Crippen LogP contribution in [0.4, 0.5) is 0 Å². The van der Waals surface area contributed by atoms with Crippen molar-refractivity contribution in [2.24, 2.45) is 0 Å². The quantitative estimate of drug-likeness (QED) is 0.299. The molecule has 7 nitrogen and oxygen atoms in total. The van der Waals surface area contributed by atoms with Crippen molar-refractivity contribution < 1.29 is 14.3 Å². The van der Waals surface area contributed by atoms with Crippen LogP contribution in [0.1, 0.15) is 42.5 Å². The average Bonchev–Trinajstić information content (AvgIpc) is 3.44. The molecule has 1 aliphatic heterocycles. The number of carbonyl (C=O) groups excluding carboxylic acids is 1. The van der Waals surface area contributed by atoms with E-state index in [0.717, 1.165) is 66.8 Å². The van der Waals surface area contributed by atoms with E-state index in [2.05, 4.69) is 5.32 Å². The van der Waals surface area contributed by atoms with Crippen LogP contribution >= 0.6 is 23.1 Å². The highest BCUT2D eigenvalue weighted by atomic mass is 32.2. The number of aromatic nitrogens is 2. The molecule has 34 heavy (non-hydrogen) atoms. The number of hydrogen-bond acceptors (Lipinski definition) is 7. The van der Waals surface area contributed by atoms with Crippen molar-refractivity contribution in [1.82, 2.24) is 14.9 Å². The number of thiophene rings is 1. The number of fused-ring (bicyclic) bond motifs is 3. The molecule has 1 atom stereocenters. The standard InChI is InChI=1S/C25H29N3O4S2/c1-31-17-11-9-16(10-12-17)28-24(30)22-19-7-3-2-4-8-20(19)34-23(22)27-25(28)33-15-21(29)26-14-18-6-5-13-32-18/h9-12,18H,2-8,13-15H2,1H3,(H,26,29)/t18-/m1/s1. The van der Waals surface area contributed by atoms with E-state index in [-0.39, 0.29) is 23.3 Å². The second kappa shape index (κ2) is 10.5. The third-order valence-corrected chi connectivity index (χ3v) is 8.55. The molecular weight excluding hydrogens is 470 g/mol. The topological polar surface area (TPSA) is 82.4 Å². The minimum atomic E-state index is -0.0851. The molecule has 2 aliphatic rings. The molecule has 3 heterocycles. The molecule has 1 aliphatic carbocycles. The summed E-state index contributed by atoms with van der Waals surface area (Å²) in [6.07, 6.45) is 7.49. The fourth-order valence-corrected chi connectivity index (χ4v) is 6.78. The SMILES string of the molecule is COc1ccc(-n2c(SCC(=O)NC[C@H]3CCCO3)nc3sc4c(c3c2=O)CCCCC4)cc1. The molecule has 1 fully saturated rings. The van der Waals surface area contributed by atoms with E-state index in [1.807, 2.05) is 24.3 Å². The van der Waals surface area contributed by atoms with Gasteiger partial charge in [-0.1, -0.05) is 18.2 Å². The summed E-state index contributed by atoms with van der Waals surface area (Å²) < 4.78 is 12.5. The Bertz CT molecular complexity index is 1230. The van der Waals surface area contributed by atoms with Crippen LogP contribution in [-0.2, 0) is 22.4 Å². The zero-order valence-electron chi connectivity index (χ0n) is 19.3. The molecular formula is C25H29N3O4S2. The van der Waals surface area contributed by atoms with Gasteiger partial charge in [-0.15, -0.1) is 11.3 Å². The maximum atomic E-state index is 13.9. The Hall–Kier alpha value is -2.36. The summed E-state index contributed by atoms with van der Waals surface area (Å²) in [5.74, 6) is 0.822. The van der Waals surface area contributed by atoms with Crippen molar-refractivity contribution in [3.63, 3.8) is 0 Å². The van der Waals surface area contributed by atoms with E-state index in [1.165, 1.54) is 28.6 Å². The number of benzene rings is 1. The molecule has 0 spiro atoms. The Balaban J connectivity index is 1.48. The minimum absolute atomic E-state index is 0.0585. The van der Waals surface area contributed by atoms with Gasteiger partial charge in [0.2, 0.25) is 5.91 Å². The van der Waals surface area contributed by atoms with Crippen LogP contribution in [0.5, 0.6) is 5.75 Å². The van der Waals surface area contributed by atoms with E-state index in [0.29, 0.717) is 11.7 Å². The van der Waals surface area contributed by atoms with Gasteiger partial charge in [-0.05, 0) is 68.4 Å². The first-order chi connectivity index (χ1) is 16.6. The summed E-state index contributed by atoms with van der Waals surface area (Å²) in [5, 5.41) is 4.23. The van der Waals surface area contributed by atoms with Gasteiger partial charge in [-0.3, -0.25) is 14.2 Å². The molecule has 0 saturated carbocycles. The normalized spacial score (nSPS) is 18.0. The molecule has 3 aromatic rings. The second-order valence-corrected chi connectivity index (χ2v) is 10.7. The molecule has 0 radical (unpaired) electrons. The molecule has 1 N–H and O–H groups in total. The summed E-state index contributed by atoms with van der Waals surface area (Å²) >= 11 is 2.93. The van der Waals surface area contributed by atoms with Crippen LogP contribution in [0, 0.1) is 0 Å². The number of ether oxygens (including phenoxy) is 2. The van der Waals surface area contributed by atoms with Crippen LogP contribution in [0.15, 0.2) is 34.2 Å². The summed E-state index contributed by atoms with van der Waals surface area (Å²) in [4.78, 5) is 33.4. The van der Waals surface area contributed by atoms with Crippen LogP contribution in [0.2, 0.25) is 0 Å². The van der Waals surface area contributed by atoms with E-state index in [9.17, 15) is 9.59 Å². The van der Waals surface area contributed by atoms with Crippen LogP contribution in [0.25, 0.3) is 15.9 Å². The molecule has 1 aromatic carbocycles. The monoisotopic (exact) mass is 499 g/mol. The highest BCUT2D eigenvalue weighted by Gasteiger charge is 2.23. The average molecular weight is 500 g/mol. The molecule has 1 amide bonds. The zero-order valence-corrected chi connectivity index (χ0v) is 20.9. The highest BCUT2D eigenvalue weighted by Crippen LogP contribution is 2.34. The lowest BCUT2D eigenvalue weighted by Gasteiger charge is -2.14. The maximum Gasteiger partial charge on any atom is 0.267 e. The van der Waals surface area contributed by atoms with Crippen molar-refractivity contribution >= 4 is 39.2 Å². The number of amides is 1. The molecule has 1 saturated heterocycles. The lowest BCUT2D eigenvalue weighted by Crippen LogP contribution is -2.33. The number of hydrogen-bond donors (Lipinski definition) is 1. The molecule has 180 valence electrons. The number of nitrogens with zero attached hydrogens (tertiary/aromatic N) is 2. The number of aryl methyl sites for hydroxylation is 2. The van der Waals surface area contributed by atoms with Gasteiger partial charge in [0.05, 0.1) is 30.0 Å². The summed E-state index contributed by atoms with van der Waals surface area (Å²) in [6.45, 7) is 1.28. The Morgan fingerprint density at radius 1 is 1.24 bits per heavy atom. The van der Waals surface area contributed by atoms with E-state index >= 15 is 0 Å². The number of methoxy groups -OCH3 is 1. The van der Waals surface area contributed by atoms with Gasteiger partial charge < -0.3 is 14.8 Å². The number of rotatable bonds is 7. The fraction of sp³-hybridized carbons (Fsp3) is 0.480. The second-order valence-electron chi connectivity index (χ2n) is 8.71. The van der Waals surface area contributed by atoms with Crippen molar-refractivity contribution in [2.45, 2.75) is 56.2 Å². The summed E-state index contributed by atoms with van der Waals surface area (Å²) in [7, 11) is 1.62. The van der Waals surface area contributed by atoms with Crippen LogP contribution in [-0.4, -0.2) is 47.6 Å². The third kappa shape index (κ3) is 4.87. The van der Waals surface area contributed by atoms with Gasteiger partial charge in [0.15, 0.2) is 5.16 Å². The highest BCUT2D eigenvalue weighted by molar-refractivity contribution is 7.99. The Kier molecular flexibility index (Phi) is 7.22. The number of carbonyl (C=O) groups is 1.